The minimum atomic E-state index is -2.99. The van der Waals surface area contributed by atoms with E-state index in [0.29, 0.717) is 11.3 Å². The first-order valence-electron chi connectivity index (χ1n) is 7.04. The molecule has 2 rings (SSSR count). The van der Waals surface area contributed by atoms with E-state index in [4.69, 9.17) is 17.0 Å². The zero-order chi connectivity index (χ0) is 17.7. The van der Waals surface area contributed by atoms with E-state index in [1.165, 1.54) is 12.1 Å². The van der Waals surface area contributed by atoms with Gasteiger partial charge < -0.3 is 20.1 Å². The second-order valence-electron chi connectivity index (χ2n) is 4.87. The summed E-state index contributed by atoms with van der Waals surface area (Å²) in [5.74, 6) is -0.650. The van der Waals surface area contributed by atoms with Crippen molar-refractivity contribution in [3.05, 3.63) is 53.8 Å². The van der Waals surface area contributed by atoms with Crippen molar-refractivity contribution in [3.8, 4) is 5.75 Å². The topological polar surface area (TPSA) is 59.6 Å². The van der Waals surface area contributed by atoms with E-state index in [1.807, 2.05) is 0 Å². The Labute approximate surface area is 143 Å². The molecule has 24 heavy (non-hydrogen) atoms. The molecule has 0 fully saturated rings. The third-order valence-electron chi connectivity index (χ3n) is 3.27. The summed E-state index contributed by atoms with van der Waals surface area (Å²) in [5, 5.41) is 5.99. The Morgan fingerprint density at radius 2 is 2.17 bits per heavy atom. The third kappa shape index (κ3) is 4.08. The Morgan fingerprint density at radius 1 is 1.46 bits per heavy atom. The molecule has 1 aromatic rings. The molecule has 128 valence electrons. The Hall–Kier alpha value is -2.48. The van der Waals surface area contributed by atoms with Crippen molar-refractivity contribution in [1.82, 2.24) is 10.6 Å². The highest BCUT2D eigenvalue weighted by Gasteiger charge is 2.33. The molecule has 0 radical (unpaired) electrons. The summed E-state index contributed by atoms with van der Waals surface area (Å²) in [4.78, 5) is 12.4. The third-order valence-corrected chi connectivity index (χ3v) is 3.49. The number of allylic oxidation sites excluding steroid dienone is 1. The number of ether oxygens (including phenoxy) is 2. The molecule has 1 aliphatic heterocycles. The van der Waals surface area contributed by atoms with Gasteiger partial charge in [-0.15, -0.1) is 0 Å². The van der Waals surface area contributed by atoms with Gasteiger partial charge in [-0.1, -0.05) is 30.9 Å². The minimum Gasteiger partial charge on any atom is -0.458 e. The lowest BCUT2D eigenvalue weighted by atomic mass is 9.95. The number of esters is 1. The molecule has 5 nitrogen and oxygen atoms in total. The van der Waals surface area contributed by atoms with Crippen LogP contribution in [0.2, 0.25) is 0 Å². The molecule has 0 spiro atoms. The van der Waals surface area contributed by atoms with Crippen LogP contribution >= 0.6 is 12.2 Å². The molecule has 0 bridgehead atoms. The van der Waals surface area contributed by atoms with Crippen LogP contribution in [0, 0.1) is 0 Å². The van der Waals surface area contributed by atoms with Gasteiger partial charge in [-0.3, -0.25) is 0 Å². The fraction of sp³-hybridized carbons (Fsp3) is 0.250. The lowest BCUT2D eigenvalue weighted by molar-refractivity contribution is -0.138. The standard InChI is InChI=1S/C16H16F2N2O3S/c1-3-8-22-14(21)12-9(2)19-16(24)20-13(12)10-6-4-5-7-11(10)23-15(17)18/h3-7,13,15H,1,8H2,2H3,(H2,19,20,24)/t13-/m0/s1. The quantitative estimate of drug-likeness (QED) is 0.465. The van der Waals surface area contributed by atoms with E-state index in [-0.39, 0.29) is 23.0 Å². The number of hydrogen-bond donors (Lipinski definition) is 2. The molecule has 0 saturated heterocycles. The van der Waals surface area contributed by atoms with Crippen molar-refractivity contribution < 1.29 is 23.0 Å². The molecule has 0 unspecified atom stereocenters. The molecule has 1 heterocycles. The normalized spacial score (nSPS) is 17.2. The van der Waals surface area contributed by atoms with Gasteiger partial charge in [0.25, 0.3) is 0 Å². The Bertz CT molecular complexity index is 692. The molecule has 0 amide bonds. The number of nitrogens with one attached hydrogen (secondary N) is 2. The van der Waals surface area contributed by atoms with Crippen molar-refractivity contribution in [2.75, 3.05) is 6.61 Å². The first kappa shape index (κ1) is 17.9. The van der Waals surface area contributed by atoms with Crippen molar-refractivity contribution in [2.45, 2.75) is 19.6 Å². The van der Waals surface area contributed by atoms with Crippen LogP contribution < -0.4 is 15.4 Å². The molecule has 1 atom stereocenters. The lowest BCUT2D eigenvalue weighted by Crippen LogP contribution is -2.45. The lowest BCUT2D eigenvalue weighted by Gasteiger charge is -2.30. The summed E-state index contributed by atoms with van der Waals surface area (Å²) in [5.41, 5.74) is 1.06. The Morgan fingerprint density at radius 3 is 2.83 bits per heavy atom. The molecule has 2 N–H and O–H groups in total. The highest BCUT2D eigenvalue weighted by atomic mass is 32.1. The van der Waals surface area contributed by atoms with Crippen LogP contribution in [0.4, 0.5) is 8.78 Å². The number of carbonyl (C=O) groups excluding carboxylic acids is 1. The molecule has 1 aromatic carbocycles. The summed E-state index contributed by atoms with van der Waals surface area (Å²) >= 11 is 5.10. The van der Waals surface area contributed by atoms with Crippen molar-refractivity contribution in [1.29, 1.82) is 0 Å². The Balaban J connectivity index is 2.45. The number of halogens is 2. The fourth-order valence-electron chi connectivity index (χ4n) is 2.33. The van der Waals surface area contributed by atoms with Gasteiger partial charge in [-0.25, -0.2) is 4.79 Å². The predicted molar refractivity (Wildman–Crippen MR) is 88.5 cm³/mol. The first-order valence-corrected chi connectivity index (χ1v) is 7.45. The summed E-state index contributed by atoms with van der Waals surface area (Å²) in [6.45, 7) is 2.18. The highest BCUT2D eigenvalue weighted by molar-refractivity contribution is 7.80. The second-order valence-corrected chi connectivity index (χ2v) is 5.28. The van der Waals surface area contributed by atoms with E-state index < -0.39 is 18.6 Å². The SMILES string of the molecule is C=CCOC(=O)C1=C(C)NC(=S)N[C@H]1c1ccccc1OC(F)F. The minimum absolute atomic E-state index is 0.0297. The average Bonchev–Trinajstić information content (AvgIpc) is 2.51. The molecule has 1 aliphatic rings. The number of benzene rings is 1. The number of thiocarbonyl (C=S) groups is 1. The van der Waals surface area contributed by atoms with E-state index in [0.717, 1.165) is 0 Å². The highest BCUT2D eigenvalue weighted by Crippen LogP contribution is 2.34. The van der Waals surface area contributed by atoms with Crippen LogP contribution in [-0.4, -0.2) is 24.3 Å². The predicted octanol–water partition coefficient (Wildman–Crippen LogP) is 2.81. The number of rotatable bonds is 6. The number of para-hydroxylation sites is 1. The van der Waals surface area contributed by atoms with E-state index in [1.54, 1.807) is 25.1 Å². The van der Waals surface area contributed by atoms with Gasteiger partial charge in [0.2, 0.25) is 0 Å². The molecule has 0 aromatic heterocycles. The molecule has 0 aliphatic carbocycles. The van der Waals surface area contributed by atoms with Gasteiger partial charge in [0.15, 0.2) is 5.11 Å². The van der Waals surface area contributed by atoms with Gasteiger partial charge in [-0.05, 0) is 25.2 Å². The van der Waals surface area contributed by atoms with E-state index in [2.05, 4.69) is 21.9 Å². The van der Waals surface area contributed by atoms with Crippen LogP contribution in [0.1, 0.15) is 18.5 Å². The van der Waals surface area contributed by atoms with Crippen LogP contribution in [0.25, 0.3) is 0 Å². The Kier molecular flexibility index (Phi) is 5.86. The zero-order valence-electron chi connectivity index (χ0n) is 12.8. The van der Waals surface area contributed by atoms with E-state index in [9.17, 15) is 13.6 Å². The summed E-state index contributed by atoms with van der Waals surface area (Å²) in [6, 6.07) is 5.43. The monoisotopic (exact) mass is 354 g/mol. The molecular weight excluding hydrogens is 338 g/mol. The van der Waals surface area contributed by atoms with Crippen LogP contribution in [-0.2, 0) is 9.53 Å². The van der Waals surface area contributed by atoms with Gasteiger partial charge in [0.05, 0.1) is 11.6 Å². The number of hydrogen-bond acceptors (Lipinski definition) is 4. The van der Waals surface area contributed by atoms with Crippen LogP contribution in [0.15, 0.2) is 48.2 Å². The van der Waals surface area contributed by atoms with Crippen LogP contribution in [0.3, 0.4) is 0 Å². The number of carbonyl (C=O) groups is 1. The fourth-order valence-corrected chi connectivity index (χ4v) is 2.60. The summed E-state index contributed by atoms with van der Waals surface area (Å²) in [7, 11) is 0. The molecule has 8 heteroatoms. The first-order chi connectivity index (χ1) is 11.4. The maximum Gasteiger partial charge on any atom is 0.387 e. The van der Waals surface area contributed by atoms with Crippen LogP contribution in [0.5, 0.6) is 5.75 Å². The van der Waals surface area contributed by atoms with Gasteiger partial charge >= 0.3 is 12.6 Å². The molecule has 0 saturated carbocycles. The van der Waals surface area contributed by atoms with Crippen molar-refractivity contribution >= 4 is 23.3 Å². The van der Waals surface area contributed by atoms with Crippen molar-refractivity contribution in [3.63, 3.8) is 0 Å². The summed E-state index contributed by atoms with van der Waals surface area (Å²) in [6.07, 6.45) is 1.44. The maximum atomic E-state index is 12.6. The summed E-state index contributed by atoms with van der Waals surface area (Å²) < 4.78 is 34.9. The maximum absolute atomic E-state index is 12.6. The van der Waals surface area contributed by atoms with Crippen molar-refractivity contribution in [2.24, 2.45) is 0 Å². The zero-order valence-corrected chi connectivity index (χ0v) is 13.7. The van der Waals surface area contributed by atoms with Gasteiger partial charge in [0.1, 0.15) is 12.4 Å². The smallest absolute Gasteiger partial charge is 0.387 e. The van der Waals surface area contributed by atoms with E-state index >= 15 is 0 Å². The van der Waals surface area contributed by atoms with Gasteiger partial charge in [-0.2, -0.15) is 8.78 Å². The average molecular weight is 354 g/mol. The largest absolute Gasteiger partial charge is 0.458 e. The van der Waals surface area contributed by atoms with Gasteiger partial charge in [0, 0.05) is 11.3 Å². The second kappa shape index (κ2) is 7.87. The number of alkyl halides is 2. The molecular formula is C16H16F2N2O3S.